The van der Waals surface area contributed by atoms with E-state index in [1.54, 1.807) is 12.4 Å². The van der Waals surface area contributed by atoms with Crippen molar-refractivity contribution in [2.45, 2.75) is 6.92 Å². The Morgan fingerprint density at radius 1 is 1.21 bits per heavy atom. The normalized spacial score (nSPS) is 10.1. The molecule has 3 heteroatoms. The molecule has 3 nitrogen and oxygen atoms in total. The van der Waals surface area contributed by atoms with Crippen molar-refractivity contribution in [1.82, 2.24) is 9.97 Å². The Hall–Kier alpha value is -1.90. The van der Waals surface area contributed by atoms with E-state index in [2.05, 4.69) is 9.97 Å². The number of pyridine rings is 2. The molecule has 0 aliphatic carbocycles. The summed E-state index contributed by atoms with van der Waals surface area (Å²) in [5, 5.41) is 0. The zero-order chi connectivity index (χ0) is 9.97. The van der Waals surface area contributed by atoms with Gasteiger partial charge in [0.1, 0.15) is 0 Å². The van der Waals surface area contributed by atoms with Gasteiger partial charge >= 0.3 is 0 Å². The quantitative estimate of drug-likeness (QED) is 0.739. The number of hydrogen-bond donors (Lipinski definition) is 1. The maximum atomic E-state index is 5.87. The lowest BCUT2D eigenvalue weighted by molar-refractivity contribution is 1.26. The number of nitrogen functional groups attached to an aromatic ring is 1. The van der Waals surface area contributed by atoms with Gasteiger partial charge in [-0.05, 0) is 30.7 Å². The van der Waals surface area contributed by atoms with Crippen molar-refractivity contribution in [1.29, 1.82) is 0 Å². The Morgan fingerprint density at radius 2 is 1.93 bits per heavy atom. The van der Waals surface area contributed by atoms with Gasteiger partial charge in [-0.1, -0.05) is 0 Å². The average Bonchev–Trinajstić information content (AvgIpc) is 2.19. The molecule has 0 bridgehead atoms. The van der Waals surface area contributed by atoms with Crippen LogP contribution in [-0.4, -0.2) is 9.97 Å². The van der Waals surface area contributed by atoms with E-state index >= 15 is 0 Å². The summed E-state index contributed by atoms with van der Waals surface area (Å²) < 4.78 is 0. The molecule has 0 saturated carbocycles. The summed E-state index contributed by atoms with van der Waals surface area (Å²) in [5.41, 5.74) is 9.46. The molecule has 70 valence electrons. The molecule has 2 aromatic heterocycles. The maximum absolute atomic E-state index is 5.87. The first kappa shape index (κ1) is 8.69. The van der Waals surface area contributed by atoms with Crippen LogP contribution < -0.4 is 5.73 Å². The van der Waals surface area contributed by atoms with Gasteiger partial charge in [0, 0.05) is 24.2 Å². The minimum absolute atomic E-state index is 0.705. The molecule has 2 N–H and O–H groups in total. The van der Waals surface area contributed by atoms with E-state index < -0.39 is 0 Å². The van der Waals surface area contributed by atoms with Crippen LogP contribution in [0.15, 0.2) is 36.8 Å². The molecular formula is C11H11N3. The molecule has 0 unspecified atom stereocenters. The Kier molecular flexibility index (Phi) is 2.14. The van der Waals surface area contributed by atoms with Crippen LogP contribution >= 0.6 is 0 Å². The fourth-order valence-electron chi connectivity index (χ4n) is 1.34. The second kappa shape index (κ2) is 3.46. The number of hydrogen-bond acceptors (Lipinski definition) is 3. The summed E-state index contributed by atoms with van der Waals surface area (Å²) in [6, 6.07) is 5.71. The van der Waals surface area contributed by atoms with Gasteiger partial charge in [0.25, 0.3) is 0 Å². The van der Waals surface area contributed by atoms with E-state index in [1.165, 1.54) is 0 Å². The number of anilines is 1. The van der Waals surface area contributed by atoms with Crippen LogP contribution in [0, 0.1) is 6.92 Å². The molecule has 0 aliphatic heterocycles. The van der Waals surface area contributed by atoms with Crippen LogP contribution in [0.1, 0.15) is 5.56 Å². The third-order valence-corrected chi connectivity index (χ3v) is 2.01. The third-order valence-electron chi connectivity index (χ3n) is 2.01. The molecule has 0 radical (unpaired) electrons. The van der Waals surface area contributed by atoms with Crippen molar-refractivity contribution in [3.05, 3.63) is 42.4 Å². The van der Waals surface area contributed by atoms with Crippen LogP contribution in [0.25, 0.3) is 11.3 Å². The fourth-order valence-corrected chi connectivity index (χ4v) is 1.34. The largest absolute Gasteiger partial charge is 0.397 e. The maximum Gasteiger partial charge on any atom is 0.0932 e. The first-order valence-electron chi connectivity index (χ1n) is 4.40. The number of nitrogens with two attached hydrogens (primary N) is 1. The lowest BCUT2D eigenvalue weighted by Crippen LogP contribution is -1.94. The molecule has 0 amide bonds. The predicted octanol–water partition coefficient (Wildman–Crippen LogP) is 2.03. The van der Waals surface area contributed by atoms with Crippen molar-refractivity contribution >= 4 is 5.69 Å². The Bertz CT molecular complexity index is 438. The zero-order valence-corrected chi connectivity index (χ0v) is 7.94. The van der Waals surface area contributed by atoms with Gasteiger partial charge in [0.05, 0.1) is 11.4 Å². The van der Waals surface area contributed by atoms with Crippen molar-refractivity contribution in [3.8, 4) is 11.3 Å². The summed E-state index contributed by atoms with van der Waals surface area (Å²) in [6.07, 6.45) is 5.28. The number of nitrogens with zero attached hydrogens (tertiary/aromatic N) is 2. The summed E-state index contributed by atoms with van der Waals surface area (Å²) in [6.45, 7) is 1.97. The molecule has 2 rings (SSSR count). The van der Waals surface area contributed by atoms with Crippen molar-refractivity contribution in [2.75, 3.05) is 5.73 Å². The highest BCUT2D eigenvalue weighted by molar-refractivity contribution is 5.72. The number of aryl methyl sites for hydroxylation is 1. The summed E-state index contributed by atoms with van der Waals surface area (Å²) in [4.78, 5) is 8.24. The number of aromatic nitrogens is 2. The van der Waals surface area contributed by atoms with Gasteiger partial charge in [-0.3, -0.25) is 9.97 Å². The zero-order valence-electron chi connectivity index (χ0n) is 7.94. The van der Waals surface area contributed by atoms with Gasteiger partial charge < -0.3 is 5.73 Å². The Balaban J connectivity index is 2.53. The minimum Gasteiger partial charge on any atom is -0.397 e. The lowest BCUT2D eigenvalue weighted by atomic mass is 10.1. The van der Waals surface area contributed by atoms with E-state index in [0.717, 1.165) is 16.8 Å². The first-order valence-corrected chi connectivity index (χ1v) is 4.40. The van der Waals surface area contributed by atoms with Crippen molar-refractivity contribution in [3.63, 3.8) is 0 Å². The molecule has 0 spiro atoms. The van der Waals surface area contributed by atoms with Crippen LogP contribution in [-0.2, 0) is 0 Å². The summed E-state index contributed by atoms with van der Waals surface area (Å²) >= 11 is 0. The first-order chi connectivity index (χ1) is 6.77. The molecule has 2 heterocycles. The highest BCUT2D eigenvalue weighted by atomic mass is 14.7. The molecule has 0 aliphatic rings. The highest BCUT2D eigenvalue weighted by Gasteiger charge is 2.02. The Labute approximate surface area is 82.6 Å². The smallest absolute Gasteiger partial charge is 0.0932 e. The monoisotopic (exact) mass is 185 g/mol. The highest BCUT2D eigenvalue weighted by Crippen LogP contribution is 2.22. The lowest BCUT2D eigenvalue weighted by Gasteiger charge is -2.04. The third kappa shape index (κ3) is 1.57. The summed E-state index contributed by atoms with van der Waals surface area (Å²) in [5.74, 6) is 0. The van der Waals surface area contributed by atoms with Gasteiger partial charge in [-0.25, -0.2) is 0 Å². The van der Waals surface area contributed by atoms with E-state index in [-0.39, 0.29) is 0 Å². The van der Waals surface area contributed by atoms with E-state index in [0.29, 0.717) is 5.69 Å². The molecule has 14 heavy (non-hydrogen) atoms. The summed E-state index contributed by atoms with van der Waals surface area (Å²) in [7, 11) is 0. The topological polar surface area (TPSA) is 51.8 Å². The molecule has 0 atom stereocenters. The standard InChI is InChI=1S/C11H11N3/c1-8-6-10(12)11(14-7-8)9-2-4-13-5-3-9/h2-7H,12H2,1H3. The second-order valence-electron chi connectivity index (χ2n) is 3.19. The SMILES string of the molecule is Cc1cnc(-c2ccncc2)c(N)c1. The van der Waals surface area contributed by atoms with Crippen LogP contribution in [0.4, 0.5) is 5.69 Å². The second-order valence-corrected chi connectivity index (χ2v) is 3.19. The molecule has 0 aromatic carbocycles. The molecule has 0 fully saturated rings. The number of rotatable bonds is 1. The van der Waals surface area contributed by atoms with Gasteiger partial charge in [-0.2, -0.15) is 0 Å². The molecule has 0 saturated heterocycles. The van der Waals surface area contributed by atoms with E-state index in [4.69, 9.17) is 5.73 Å². The van der Waals surface area contributed by atoms with Gasteiger partial charge in [0.15, 0.2) is 0 Å². The van der Waals surface area contributed by atoms with Crippen LogP contribution in [0.3, 0.4) is 0 Å². The van der Waals surface area contributed by atoms with E-state index in [9.17, 15) is 0 Å². The van der Waals surface area contributed by atoms with Crippen LogP contribution in [0.2, 0.25) is 0 Å². The Morgan fingerprint density at radius 3 is 2.57 bits per heavy atom. The average molecular weight is 185 g/mol. The van der Waals surface area contributed by atoms with Gasteiger partial charge in [0.2, 0.25) is 0 Å². The van der Waals surface area contributed by atoms with Gasteiger partial charge in [-0.15, -0.1) is 0 Å². The minimum atomic E-state index is 0.705. The molecule has 2 aromatic rings. The van der Waals surface area contributed by atoms with Crippen molar-refractivity contribution in [2.24, 2.45) is 0 Å². The fraction of sp³-hybridized carbons (Fsp3) is 0.0909. The van der Waals surface area contributed by atoms with Crippen molar-refractivity contribution < 1.29 is 0 Å². The predicted molar refractivity (Wildman–Crippen MR) is 56.6 cm³/mol. The van der Waals surface area contributed by atoms with E-state index in [1.807, 2.05) is 31.3 Å². The van der Waals surface area contributed by atoms with Crippen LogP contribution in [0.5, 0.6) is 0 Å². The molecular weight excluding hydrogens is 174 g/mol.